The predicted molar refractivity (Wildman–Crippen MR) is 57.4 cm³/mol. The monoisotopic (exact) mass is 257 g/mol. The van der Waals surface area contributed by atoms with Crippen LogP contribution in [0.15, 0.2) is 22.7 Å². The predicted octanol–water partition coefficient (Wildman–Crippen LogP) is 1.82. The molecule has 1 heterocycles. The molecule has 1 aliphatic heterocycles. The number of phenolic OH excluding ortho intramolecular Hbond substituents is 1. The fraction of sp³-hybridized carbons (Fsp3) is 0.400. The van der Waals surface area contributed by atoms with E-state index in [2.05, 4.69) is 21.2 Å². The van der Waals surface area contributed by atoms with Gasteiger partial charge in [0.25, 0.3) is 0 Å². The molecule has 76 valence electrons. The van der Waals surface area contributed by atoms with Crippen molar-refractivity contribution in [2.75, 3.05) is 19.8 Å². The van der Waals surface area contributed by atoms with Gasteiger partial charge in [-0.25, -0.2) is 0 Å². The Balaban J connectivity index is 2.22. The van der Waals surface area contributed by atoms with E-state index in [1.807, 2.05) is 12.1 Å². The van der Waals surface area contributed by atoms with Crippen molar-refractivity contribution in [2.24, 2.45) is 0 Å². The van der Waals surface area contributed by atoms with Crippen molar-refractivity contribution in [2.45, 2.75) is 6.04 Å². The average molecular weight is 258 g/mol. The van der Waals surface area contributed by atoms with Crippen LogP contribution in [-0.2, 0) is 4.74 Å². The number of benzene rings is 1. The molecule has 1 aromatic carbocycles. The highest BCUT2D eigenvalue weighted by molar-refractivity contribution is 9.10. The van der Waals surface area contributed by atoms with E-state index in [9.17, 15) is 5.11 Å². The Bertz CT molecular complexity index is 324. The van der Waals surface area contributed by atoms with E-state index < -0.39 is 0 Å². The van der Waals surface area contributed by atoms with E-state index in [0.717, 1.165) is 23.2 Å². The van der Waals surface area contributed by atoms with Gasteiger partial charge in [0, 0.05) is 16.6 Å². The average Bonchev–Trinajstić information content (AvgIpc) is 2.19. The Kier molecular flexibility index (Phi) is 3.05. The Morgan fingerprint density at radius 2 is 2.36 bits per heavy atom. The van der Waals surface area contributed by atoms with Crippen molar-refractivity contribution in [3.05, 3.63) is 28.2 Å². The molecule has 2 rings (SSSR count). The van der Waals surface area contributed by atoms with Crippen molar-refractivity contribution in [1.29, 1.82) is 0 Å². The lowest BCUT2D eigenvalue weighted by molar-refractivity contribution is 0.0761. The number of nitrogens with one attached hydrogen (secondary N) is 1. The SMILES string of the molecule is Oc1cc(Br)ccc1C1COCCN1. The van der Waals surface area contributed by atoms with Crippen LogP contribution < -0.4 is 5.32 Å². The standard InChI is InChI=1S/C10H12BrNO2/c11-7-1-2-8(10(13)5-7)9-6-14-4-3-12-9/h1-2,5,9,12-13H,3-4,6H2. The van der Waals surface area contributed by atoms with Crippen molar-refractivity contribution in [1.82, 2.24) is 5.32 Å². The lowest BCUT2D eigenvalue weighted by Crippen LogP contribution is -2.34. The second-order valence-electron chi connectivity index (χ2n) is 3.28. The molecule has 0 bridgehead atoms. The lowest BCUT2D eigenvalue weighted by atomic mass is 10.1. The molecular weight excluding hydrogens is 246 g/mol. The molecule has 1 aromatic rings. The molecule has 3 nitrogen and oxygen atoms in total. The summed E-state index contributed by atoms with van der Waals surface area (Å²) in [6.45, 7) is 2.20. The zero-order chi connectivity index (χ0) is 9.97. The molecular formula is C10H12BrNO2. The lowest BCUT2D eigenvalue weighted by Gasteiger charge is -2.24. The normalized spacial score (nSPS) is 22.2. The van der Waals surface area contributed by atoms with E-state index in [1.165, 1.54) is 0 Å². The summed E-state index contributed by atoms with van der Waals surface area (Å²) in [5.74, 6) is 0.308. The first kappa shape index (κ1) is 9.96. The van der Waals surface area contributed by atoms with Gasteiger partial charge in [-0.05, 0) is 12.1 Å². The van der Waals surface area contributed by atoms with Crippen LogP contribution >= 0.6 is 15.9 Å². The second kappa shape index (κ2) is 4.29. The molecule has 0 saturated carbocycles. The minimum Gasteiger partial charge on any atom is -0.508 e. The summed E-state index contributed by atoms with van der Waals surface area (Å²) in [4.78, 5) is 0. The van der Waals surface area contributed by atoms with Gasteiger partial charge < -0.3 is 15.2 Å². The molecule has 4 heteroatoms. The van der Waals surface area contributed by atoms with Gasteiger partial charge in [0.2, 0.25) is 0 Å². The highest BCUT2D eigenvalue weighted by Crippen LogP contribution is 2.28. The molecule has 0 amide bonds. The highest BCUT2D eigenvalue weighted by atomic mass is 79.9. The third-order valence-electron chi connectivity index (χ3n) is 2.29. The number of hydrogen-bond donors (Lipinski definition) is 2. The number of phenols is 1. The molecule has 1 aliphatic rings. The van der Waals surface area contributed by atoms with Gasteiger partial charge in [-0.3, -0.25) is 0 Å². The van der Waals surface area contributed by atoms with Crippen LogP contribution in [0.1, 0.15) is 11.6 Å². The summed E-state index contributed by atoms with van der Waals surface area (Å²) in [6, 6.07) is 5.64. The molecule has 0 aliphatic carbocycles. The maximum absolute atomic E-state index is 9.72. The summed E-state index contributed by atoms with van der Waals surface area (Å²) in [7, 11) is 0. The smallest absolute Gasteiger partial charge is 0.121 e. The molecule has 0 aromatic heterocycles. The Morgan fingerprint density at radius 1 is 1.50 bits per heavy atom. The van der Waals surface area contributed by atoms with Gasteiger partial charge in [-0.1, -0.05) is 22.0 Å². The quantitative estimate of drug-likeness (QED) is 0.807. The number of rotatable bonds is 1. The fourth-order valence-electron chi connectivity index (χ4n) is 1.58. The molecule has 0 spiro atoms. The van der Waals surface area contributed by atoms with Crippen molar-refractivity contribution < 1.29 is 9.84 Å². The summed E-state index contributed by atoms with van der Waals surface area (Å²) in [5, 5.41) is 13.0. The maximum Gasteiger partial charge on any atom is 0.121 e. The zero-order valence-corrected chi connectivity index (χ0v) is 9.25. The topological polar surface area (TPSA) is 41.5 Å². The van der Waals surface area contributed by atoms with Crippen LogP contribution in [-0.4, -0.2) is 24.9 Å². The second-order valence-corrected chi connectivity index (χ2v) is 4.20. The minimum absolute atomic E-state index is 0.108. The van der Waals surface area contributed by atoms with Gasteiger partial charge in [0.05, 0.1) is 19.3 Å². The van der Waals surface area contributed by atoms with Crippen molar-refractivity contribution >= 4 is 15.9 Å². The Hall–Kier alpha value is -0.580. The molecule has 1 atom stereocenters. The van der Waals surface area contributed by atoms with Gasteiger partial charge in [-0.2, -0.15) is 0 Å². The van der Waals surface area contributed by atoms with Crippen molar-refractivity contribution in [3.8, 4) is 5.75 Å². The van der Waals surface area contributed by atoms with Gasteiger partial charge >= 0.3 is 0 Å². The fourth-order valence-corrected chi connectivity index (χ4v) is 1.93. The van der Waals surface area contributed by atoms with Crippen molar-refractivity contribution in [3.63, 3.8) is 0 Å². The van der Waals surface area contributed by atoms with E-state index in [-0.39, 0.29) is 6.04 Å². The molecule has 0 radical (unpaired) electrons. The third kappa shape index (κ3) is 2.08. The van der Waals surface area contributed by atoms with Crippen LogP contribution in [0.2, 0.25) is 0 Å². The Labute approximate surface area is 91.2 Å². The van der Waals surface area contributed by atoms with E-state index in [1.54, 1.807) is 6.07 Å². The van der Waals surface area contributed by atoms with E-state index >= 15 is 0 Å². The first-order valence-corrected chi connectivity index (χ1v) is 5.36. The highest BCUT2D eigenvalue weighted by Gasteiger charge is 2.17. The molecule has 1 fully saturated rings. The number of hydrogen-bond acceptors (Lipinski definition) is 3. The molecule has 1 unspecified atom stereocenters. The number of halogens is 1. The summed E-state index contributed by atoms with van der Waals surface area (Å²) >= 11 is 3.31. The van der Waals surface area contributed by atoms with Crippen LogP contribution in [0.3, 0.4) is 0 Å². The Morgan fingerprint density at radius 3 is 3.00 bits per heavy atom. The number of aromatic hydroxyl groups is 1. The molecule has 14 heavy (non-hydrogen) atoms. The van der Waals surface area contributed by atoms with Gasteiger partial charge in [-0.15, -0.1) is 0 Å². The van der Waals surface area contributed by atoms with Crippen LogP contribution in [0.25, 0.3) is 0 Å². The van der Waals surface area contributed by atoms with Gasteiger partial charge in [0.1, 0.15) is 5.75 Å². The van der Waals surface area contributed by atoms with E-state index in [4.69, 9.17) is 4.74 Å². The van der Waals surface area contributed by atoms with Crippen LogP contribution in [0, 0.1) is 0 Å². The molecule has 1 saturated heterocycles. The minimum atomic E-state index is 0.108. The maximum atomic E-state index is 9.72. The third-order valence-corrected chi connectivity index (χ3v) is 2.78. The summed E-state index contributed by atoms with van der Waals surface area (Å²) in [5.41, 5.74) is 0.896. The first-order valence-electron chi connectivity index (χ1n) is 4.57. The number of ether oxygens (including phenoxy) is 1. The molecule has 2 N–H and O–H groups in total. The van der Waals surface area contributed by atoms with Gasteiger partial charge in [0.15, 0.2) is 0 Å². The van der Waals surface area contributed by atoms with Crippen LogP contribution in [0.5, 0.6) is 5.75 Å². The largest absolute Gasteiger partial charge is 0.508 e. The zero-order valence-electron chi connectivity index (χ0n) is 7.66. The van der Waals surface area contributed by atoms with E-state index in [0.29, 0.717) is 12.4 Å². The number of morpholine rings is 1. The first-order chi connectivity index (χ1) is 6.77. The van der Waals surface area contributed by atoms with Crippen LogP contribution in [0.4, 0.5) is 0 Å². The summed E-state index contributed by atoms with van der Waals surface area (Å²) < 4.78 is 6.22. The summed E-state index contributed by atoms with van der Waals surface area (Å²) in [6.07, 6.45) is 0.